The van der Waals surface area contributed by atoms with E-state index in [1.165, 1.54) is 0 Å². The van der Waals surface area contributed by atoms with Crippen molar-refractivity contribution < 1.29 is 9.59 Å². The average Bonchev–Trinajstić information content (AvgIpc) is 3.05. The lowest BCUT2D eigenvalue weighted by Gasteiger charge is -2.40. The van der Waals surface area contributed by atoms with Gasteiger partial charge in [0.15, 0.2) is 0 Å². The number of para-hydroxylation sites is 1. The van der Waals surface area contributed by atoms with Crippen LogP contribution in [-0.2, 0) is 4.79 Å². The number of anilines is 3. The number of nitrogens with one attached hydrogen (secondary N) is 2. The van der Waals surface area contributed by atoms with Gasteiger partial charge in [0.2, 0.25) is 5.66 Å². The molecule has 0 radical (unpaired) electrons. The quantitative estimate of drug-likeness (QED) is 0.583. The molecule has 2 heterocycles. The SMILES string of the molecule is CCCN1C(=O)C(NC(=O)Nc2cccc(N3CCN(C)CC3)c2)(C2CCCCC2)N=Cc2ccccc21. The van der Waals surface area contributed by atoms with Crippen LogP contribution in [0.4, 0.5) is 21.9 Å². The van der Waals surface area contributed by atoms with Gasteiger partial charge in [-0.25, -0.2) is 4.79 Å². The van der Waals surface area contributed by atoms with Gasteiger partial charge in [0, 0.05) is 61.8 Å². The van der Waals surface area contributed by atoms with Gasteiger partial charge in [-0.1, -0.05) is 50.5 Å². The van der Waals surface area contributed by atoms with E-state index in [4.69, 9.17) is 4.99 Å². The summed E-state index contributed by atoms with van der Waals surface area (Å²) in [5.74, 6) is -0.204. The van der Waals surface area contributed by atoms with Crippen molar-refractivity contribution in [3.05, 3.63) is 54.1 Å². The summed E-state index contributed by atoms with van der Waals surface area (Å²) in [4.78, 5) is 39.3. The number of likely N-dealkylation sites (N-methyl/N-ethyl adjacent to an activating group) is 1. The number of carbonyl (C=O) groups is 2. The Balaban J connectivity index is 1.42. The first-order valence-corrected chi connectivity index (χ1v) is 14.1. The van der Waals surface area contributed by atoms with Gasteiger partial charge >= 0.3 is 6.03 Å². The second kappa shape index (κ2) is 11.6. The molecule has 5 rings (SSSR count). The summed E-state index contributed by atoms with van der Waals surface area (Å²) in [7, 11) is 2.14. The van der Waals surface area contributed by atoms with Crippen molar-refractivity contribution in [2.75, 3.05) is 54.9 Å². The number of benzodiazepines with no additional fused rings is 1. The molecular weight excluding hydrogens is 476 g/mol. The molecule has 1 saturated heterocycles. The lowest BCUT2D eigenvalue weighted by molar-refractivity contribution is -0.127. The molecule has 0 bridgehead atoms. The molecule has 2 N–H and O–H groups in total. The summed E-state index contributed by atoms with van der Waals surface area (Å²) in [6, 6.07) is 15.4. The van der Waals surface area contributed by atoms with Crippen molar-refractivity contribution in [1.29, 1.82) is 0 Å². The van der Waals surface area contributed by atoms with Gasteiger partial charge < -0.3 is 25.3 Å². The van der Waals surface area contributed by atoms with Gasteiger partial charge in [0.05, 0.1) is 5.69 Å². The van der Waals surface area contributed by atoms with Crippen LogP contribution in [0.15, 0.2) is 53.5 Å². The maximum atomic E-state index is 14.4. The van der Waals surface area contributed by atoms with Gasteiger partial charge in [-0.2, -0.15) is 0 Å². The summed E-state index contributed by atoms with van der Waals surface area (Å²) in [6.07, 6.45) is 7.53. The number of nitrogens with zero attached hydrogens (tertiary/aromatic N) is 4. The van der Waals surface area contributed by atoms with Crippen molar-refractivity contribution >= 4 is 35.2 Å². The Kier molecular flexibility index (Phi) is 7.98. The molecule has 1 unspecified atom stereocenters. The Morgan fingerprint density at radius 3 is 2.55 bits per heavy atom. The Morgan fingerprint density at radius 2 is 1.79 bits per heavy atom. The number of rotatable bonds is 6. The lowest BCUT2D eigenvalue weighted by atomic mass is 9.79. The summed E-state index contributed by atoms with van der Waals surface area (Å²) in [6.45, 7) is 6.57. The molecule has 8 nitrogen and oxygen atoms in total. The summed E-state index contributed by atoms with van der Waals surface area (Å²) < 4.78 is 0. The first-order chi connectivity index (χ1) is 18.5. The smallest absolute Gasteiger partial charge is 0.321 e. The van der Waals surface area contributed by atoms with Crippen LogP contribution in [-0.4, -0.2) is 68.5 Å². The average molecular weight is 517 g/mol. The highest BCUT2D eigenvalue weighted by molar-refractivity contribution is 6.09. The number of fused-ring (bicyclic) bond motifs is 1. The Bertz CT molecular complexity index is 1170. The molecule has 2 aromatic rings. The van der Waals surface area contributed by atoms with Gasteiger partial charge in [0.1, 0.15) is 0 Å². The first kappa shape index (κ1) is 26.2. The third kappa shape index (κ3) is 5.41. The van der Waals surface area contributed by atoms with E-state index in [9.17, 15) is 9.59 Å². The maximum absolute atomic E-state index is 14.4. The molecule has 0 spiro atoms. The van der Waals surface area contributed by atoms with Gasteiger partial charge in [-0.05, 0) is 50.6 Å². The topological polar surface area (TPSA) is 80.3 Å². The number of hydrogen-bond donors (Lipinski definition) is 2. The molecule has 3 amide bonds. The molecule has 2 aromatic carbocycles. The molecule has 1 aliphatic carbocycles. The molecule has 2 fully saturated rings. The highest BCUT2D eigenvalue weighted by atomic mass is 16.2. The fourth-order valence-electron chi connectivity index (χ4n) is 6.00. The standard InChI is InChI=1S/C30H40N6O2/c1-3-16-36-27-15-8-7-10-23(27)22-31-30(28(36)37,24-11-5-4-6-12-24)33-29(38)32-25-13-9-14-26(21-25)35-19-17-34(2)18-20-35/h7-10,13-15,21-22,24H,3-6,11-12,16-20H2,1-2H3,(H2,32,33,38). The third-order valence-electron chi connectivity index (χ3n) is 8.13. The van der Waals surface area contributed by atoms with E-state index in [2.05, 4.69) is 40.5 Å². The lowest BCUT2D eigenvalue weighted by Crippen LogP contribution is -2.63. The van der Waals surface area contributed by atoms with Crippen LogP contribution in [0.2, 0.25) is 0 Å². The number of urea groups is 1. The van der Waals surface area contributed by atoms with E-state index in [1.54, 1.807) is 6.21 Å². The summed E-state index contributed by atoms with van der Waals surface area (Å²) in [5, 5.41) is 6.13. The fraction of sp³-hybridized carbons (Fsp3) is 0.500. The Labute approximate surface area is 226 Å². The minimum absolute atomic E-state index is 0.0592. The minimum atomic E-state index is -1.34. The highest BCUT2D eigenvalue weighted by Crippen LogP contribution is 2.38. The Morgan fingerprint density at radius 1 is 1.03 bits per heavy atom. The van der Waals surface area contributed by atoms with Crippen LogP contribution in [0.3, 0.4) is 0 Å². The van der Waals surface area contributed by atoms with E-state index in [0.29, 0.717) is 12.2 Å². The predicted octanol–water partition coefficient (Wildman–Crippen LogP) is 4.71. The minimum Gasteiger partial charge on any atom is -0.369 e. The van der Waals surface area contributed by atoms with Crippen molar-refractivity contribution in [1.82, 2.24) is 10.2 Å². The molecule has 3 aliphatic rings. The van der Waals surface area contributed by atoms with Crippen molar-refractivity contribution in [2.45, 2.75) is 51.1 Å². The number of benzene rings is 2. The van der Waals surface area contributed by atoms with E-state index < -0.39 is 11.7 Å². The zero-order valence-electron chi connectivity index (χ0n) is 22.7. The third-order valence-corrected chi connectivity index (χ3v) is 8.13. The molecule has 1 saturated carbocycles. The van der Waals surface area contributed by atoms with Crippen LogP contribution in [0.1, 0.15) is 51.0 Å². The van der Waals surface area contributed by atoms with E-state index in [1.807, 2.05) is 47.4 Å². The number of aliphatic imine (C=N–C) groups is 1. The first-order valence-electron chi connectivity index (χ1n) is 14.1. The normalized spacial score (nSPS) is 22.6. The summed E-state index contributed by atoms with van der Waals surface area (Å²) in [5.41, 5.74) is 2.20. The fourth-order valence-corrected chi connectivity index (χ4v) is 6.00. The molecule has 202 valence electrons. The van der Waals surface area contributed by atoms with Crippen LogP contribution in [0.25, 0.3) is 0 Å². The van der Waals surface area contributed by atoms with Gasteiger partial charge in [0.25, 0.3) is 5.91 Å². The van der Waals surface area contributed by atoms with Crippen LogP contribution >= 0.6 is 0 Å². The second-order valence-corrected chi connectivity index (χ2v) is 10.8. The molecule has 8 heteroatoms. The molecular formula is C30H40N6O2. The molecule has 2 aliphatic heterocycles. The molecule has 0 aromatic heterocycles. The van der Waals surface area contributed by atoms with Crippen LogP contribution in [0.5, 0.6) is 0 Å². The highest BCUT2D eigenvalue weighted by Gasteiger charge is 2.50. The number of carbonyl (C=O) groups excluding carboxylic acids is 2. The van der Waals surface area contributed by atoms with Crippen LogP contribution < -0.4 is 20.4 Å². The molecule has 1 atom stereocenters. The second-order valence-electron chi connectivity index (χ2n) is 10.8. The predicted molar refractivity (Wildman–Crippen MR) is 154 cm³/mol. The van der Waals surface area contributed by atoms with E-state index in [-0.39, 0.29) is 11.8 Å². The van der Waals surface area contributed by atoms with E-state index in [0.717, 1.165) is 81.6 Å². The van der Waals surface area contributed by atoms with Crippen LogP contribution in [0, 0.1) is 5.92 Å². The largest absolute Gasteiger partial charge is 0.369 e. The van der Waals surface area contributed by atoms with Gasteiger partial charge in [-0.3, -0.25) is 9.79 Å². The summed E-state index contributed by atoms with van der Waals surface area (Å²) >= 11 is 0. The van der Waals surface area contributed by atoms with Crippen molar-refractivity contribution in [3.8, 4) is 0 Å². The van der Waals surface area contributed by atoms with E-state index >= 15 is 0 Å². The number of hydrogen-bond acceptors (Lipinski definition) is 5. The molecule has 38 heavy (non-hydrogen) atoms. The number of amides is 3. The zero-order valence-corrected chi connectivity index (χ0v) is 22.7. The Hall–Kier alpha value is -3.39. The monoisotopic (exact) mass is 516 g/mol. The van der Waals surface area contributed by atoms with Gasteiger partial charge in [-0.15, -0.1) is 0 Å². The van der Waals surface area contributed by atoms with Crippen molar-refractivity contribution in [3.63, 3.8) is 0 Å². The zero-order chi connectivity index (χ0) is 26.5. The number of piperazine rings is 1. The van der Waals surface area contributed by atoms with Crippen molar-refractivity contribution in [2.24, 2.45) is 10.9 Å². The maximum Gasteiger partial charge on any atom is 0.321 e.